The van der Waals surface area contributed by atoms with Crippen molar-refractivity contribution in [2.24, 2.45) is 40.6 Å². The van der Waals surface area contributed by atoms with Crippen molar-refractivity contribution in [2.45, 2.75) is 17.8 Å². The number of benzene rings is 3. The molecule has 0 aromatic heterocycles. The molecule has 10 heteroatoms. The monoisotopic (exact) mass is 584 g/mol. The predicted octanol–water partition coefficient (Wildman–Crippen LogP) is 3.94. The van der Waals surface area contributed by atoms with Gasteiger partial charge in [0.25, 0.3) is 17.5 Å². The minimum Gasteiger partial charge on any atom is -0.274 e. The van der Waals surface area contributed by atoms with Gasteiger partial charge in [-0.05, 0) is 52.6 Å². The van der Waals surface area contributed by atoms with Crippen molar-refractivity contribution in [1.29, 1.82) is 0 Å². The molecule has 2 heterocycles. The molecule has 3 aromatic rings. The summed E-state index contributed by atoms with van der Waals surface area (Å²) in [5, 5.41) is 16.9. The van der Waals surface area contributed by atoms with Crippen LogP contribution < -0.4 is 4.90 Å². The van der Waals surface area contributed by atoms with Crippen LogP contribution in [0.2, 0.25) is 0 Å². The maximum Gasteiger partial charge on any atom is 0.269 e. The highest BCUT2D eigenvalue weighted by Gasteiger charge is 2.68. The lowest BCUT2D eigenvalue weighted by Gasteiger charge is -2.52. The van der Waals surface area contributed by atoms with E-state index in [9.17, 15) is 29.3 Å². The van der Waals surface area contributed by atoms with Crippen LogP contribution in [0.3, 0.4) is 0 Å². The second kappa shape index (κ2) is 8.43. The number of hydrogen-bond donors (Lipinski definition) is 0. The number of carbonyl (C=O) groups excluding carboxylic acids is 4. The van der Waals surface area contributed by atoms with Crippen molar-refractivity contribution in [3.8, 4) is 0 Å². The maximum absolute atomic E-state index is 14.5. The molecular formula is C34H24N4O6. The first-order valence-electron chi connectivity index (χ1n) is 14.8. The zero-order valence-corrected chi connectivity index (χ0v) is 23.1. The molecular weight excluding hydrogens is 560 g/mol. The van der Waals surface area contributed by atoms with Crippen molar-refractivity contribution < 1.29 is 24.1 Å². The number of nitro benzene ring substituents is 1. The molecule has 3 aromatic carbocycles. The molecule has 10 rings (SSSR count). The average Bonchev–Trinajstić information content (AvgIpc) is 3.79. The Morgan fingerprint density at radius 3 is 1.89 bits per heavy atom. The molecule has 6 atom stereocenters. The number of rotatable bonds is 4. The van der Waals surface area contributed by atoms with Gasteiger partial charge in [-0.3, -0.25) is 29.3 Å². The lowest BCUT2D eigenvalue weighted by Crippen LogP contribution is -2.55. The number of amides is 4. The summed E-state index contributed by atoms with van der Waals surface area (Å²) < 4.78 is 0. The van der Waals surface area contributed by atoms with E-state index in [1.165, 1.54) is 24.3 Å². The number of nitrogens with zero attached hydrogens (tertiary/aromatic N) is 4. The summed E-state index contributed by atoms with van der Waals surface area (Å²) >= 11 is 0. The molecule has 44 heavy (non-hydrogen) atoms. The Kier molecular flexibility index (Phi) is 4.84. The number of nitro groups is 1. The minimum atomic E-state index is -1.25. The number of allylic oxidation sites excluding steroid dienone is 2. The molecule has 1 saturated carbocycles. The Balaban J connectivity index is 1.22. The summed E-state index contributed by atoms with van der Waals surface area (Å²) in [6.45, 7) is 0. The standard InChI is InChI=1S/C34H24N4O6/c39-30-28-27-21-5-1-3-7-23(21)34(24-8-4-2-6-22(24)27,29(28)33(42)36(30)19-11-13-20(14-12-19)38(43)44)16-35-37-31(40)25-17-9-10-18(15-17)26(25)32(37)41/h1-14,16-18,25-29H,15H2/b35-16-/t17-,18-,25-,26+,27?,28-,29-,34?/m0/s1. The number of imide groups is 2. The molecule has 3 fully saturated rings. The fraction of sp³-hybridized carbons (Fsp3) is 0.265. The second-order valence-electron chi connectivity index (χ2n) is 12.5. The third kappa shape index (κ3) is 2.88. The van der Waals surface area contributed by atoms with E-state index in [1.54, 1.807) is 6.21 Å². The van der Waals surface area contributed by atoms with E-state index in [0.29, 0.717) is 0 Å². The predicted molar refractivity (Wildman–Crippen MR) is 156 cm³/mol. The van der Waals surface area contributed by atoms with Gasteiger partial charge in [0.05, 0.1) is 39.7 Å². The van der Waals surface area contributed by atoms with E-state index in [2.05, 4.69) is 5.10 Å². The lowest BCUT2D eigenvalue weighted by molar-refractivity contribution is -0.384. The molecule has 4 bridgehead atoms. The Hall–Kier alpha value is -5.25. The normalized spacial score (nSPS) is 33.8. The van der Waals surface area contributed by atoms with Crippen molar-refractivity contribution >= 4 is 41.2 Å². The van der Waals surface area contributed by atoms with E-state index in [4.69, 9.17) is 0 Å². The molecule has 0 radical (unpaired) electrons. The van der Waals surface area contributed by atoms with Crippen molar-refractivity contribution in [3.05, 3.63) is 117 Å². The van der Waals surface area contributed by atoms with E-state index in [0.717, 1.165) is 38.6 Å². The van der Waals surface area contributed by atoms with Gasteiger partial charge in [-0.25, -0.2) is 4.90 Å². The van der Waals surface area contributed by atoms with Crippen LogP contribution in [-0.4, -0.2) is 39.8 Å². The van der Waals surface area contributed by atoms with Gasteiger partial charge >= 0.3 is 0 Å². The van der Waals surface area contributed by atoms with Gasteiger partial charge in [0.1, 0.15) is 0 Å². The molecule has 0 N–H and O–H groups in total. The Labute approximate surface area is 250 Å². The number of carbonyl (C=O) groups is 4. The lowest BCUT2D eigenvalue weighted by atomic mass is 9.47. The minimum absolute atomic E-state index is 0.0278. The Morgan fingerprint density at radius 2 is 1.32 bits per heavy atom. The quantitative estimate of drug-likeness (QED) is 0.150. The summed E-state index contributed by atoms with van der Waals surface area (Å²) in [6, 6.07) is 20.7. The van der Waals surface area contributed by atoms with E-state index >= 15 is 0 Å². The van der Waals surface area contributed by atoms with Crippen molar-refractivity contribution in [1.82, 2.24) is 5.01 Å². The third-order valence-electron chi connectivity index (χ3n) is 10.8. The molecule has 4 amide bonds. The van der Waals surface area contributed by atoms with Gasteiger partial charge in [0, 0.05) is 24.3 Å². The Morgan fingerprint density at radius 1 is 0.750 bits per heavy atom. The number of anilines is 1. The zero-order valence-electron chi connectivity index (χ0n) is 23.1. The van der Waals surface area contributed by atoms with Gasteiger partial charge < -0.3 is 0 Å². The fourth-order valence-corrected chi connectivity index (χ4v) is 9.18. The number of hydrogen-bond acceptors (Lipinski definition) is 7. The van der Waals surface area contributed by atoms with Gasteiger partial charge in [-0.2, -0.15) is 10.1 Å². The summed E-state index contributed by atoms with van der Waals surface area (Å²) in [6.07, 6.45) is 6.42. The van der Waals surface area contributed by atoms with Crippen LogP contribution in [0.15, 0.2) is 90.0 Å². The summed E-state index contributed by atoms with van der Waals surface area (Å²) in [5.41, 5.74) is 2.25. The second-order valence-corrected chi connectivity index (χ2v) is 12.5. The van der Waals surface area contributed by atoms with Crippen molar-refractivity contribution in [2.75, 3.05) is 4.90 Å². The summed E-state index contributed by atoms with van der Waals surface area (Å²) in [7, 11) is 0. The van der Waals surface area contributed by atoms with Crippen LogP contribution >= 0.6 is 0 Å². The molecule has 5 aliphatic carbocycles. The highest BCUT2D eigenvalue weighted by Crippen LogP contribution is 2.64. The molecule has 0 spiro atoms. The van der Waals surface area contributed by atoms with Gasteiger partial charge in [0.2, 0.25) is 11.8 Å². The number of non-ortho nitro benzene ring substituents is 1. The molecule has 10 nitrogen and oxygen atoms in total. The van der Waals surface area contributed by atoms with E-state index in [1.807, 2.05) is 60.7 Å². The molecule has 216 valence electrons. The van der Waals surface area contributed by atoms with Gasteiger partial charge in [0.15, 0.2) is 0 Å². The Bertz CT molecular complexity index is 1850. The van der Waals surface area contributed by atoms with Crippen LogP contribution in [0.4, 0.5) is 11.4 Å². The number of fused-ring (bicyclic) bond motifs is 5. The smallest absolute Gasteiger partial charge is 0.269 e. The SMILES string of the molecule is O=C1[C@@H]2[C@H](C(=O)N1/N=C\C13c4ccccc4C(c4ccccc41)[C@@H]1C(=O)N(c4ccc([N+](=O)[O-])cc4)C(=O)[C@H]13)[C@H]1C=C[C@H]2C1. The molecule has 2 aliphatic heterocycles. The molecule has 0 unspecified atom stereocenters. The van der Waals surface area contributed by atoms with Crippen LogP contribution in [-0.2, 0) is 24.6 Å². The fourth-order valence-electron chi connectivity index (χ4n) is 9.18. The largest absolute Gasteiger partial charge is 0.274 e. The first-order chi connectivity index (χ1) is 21.3. The third-order valence-corrected chi connectivity index (χ3v) is 10.8. The molecule has 2 saturated heterocycles. The first kappa shape index (κ1) is 25.3. The molecule has 7 aliphatic rings. The first-order valence-corrected chi connectivity index (χ1v) is 14.8. The topological polar surface area (TPSA) is 130 Å². The highest BCUT2D eigenvalue weighted by molar-refractivity contribution is 6.25. The summed E-state index contributed by atoms with van der Waals surface area (Å²) in [5.74, 6) is -4.38. The van der Waals surface area contributed by atoms with Crippen LogP contribution in [0.5, 0.6) is 0 Å². The van der Waals surface area contributed by atoms with Crippen LogP contribution in [0.25, 0.3) is 0 Å². The van der Waals surface area contributed by atoms with E-state index in [-0.39, 0.29) is 35.0 Å². The highest BCUT2D eigenvalue weighted by atomic mass is 16.6. The maximum atomic E-state index is 14.5. The zero-order chi connectivity index (χ0) is 30.1. The average molecular weight is 585 g/mol. The van der Waals surface area contributed by atoms with E-state index < -0.39 is 51.7 Å². The van der Waals surface area contributed by atoms with Gasteiger partial charge in [-0.15, -0.1) is 0 Å². The summed E-state index contributed by atoms with van der Waals surface area (Å²) in [4.78, 5) is 67.9. The van der Waals surface area contributed by atoms with Gasteiger partial charge in [-0.1, -0.05) is 60.7 Å². The van der Waals surface area contributed by atoms with Crippen molar-refractivity contribution in [3.63, 3.8) is 0 Å². The van der Waals surface area contributed by atoms with Crippen LogP contribution in [0, 0.1) is 45.6 Å². The number of hydrazone groups is 1. The van der Waals surface area contributed by atoms with Crippen LogP contribution in [0.1, 0.15) is 34.6 Å².